The summed E-state index contributed by atoms with van der Waals surface area (Å²) in [5.41, 5.74) is 1.26. The monoisotopic (exact) mass is 645 g/mol. The summed E-state index contributed by atoms with van der Waals surface area (Å²) in [5, 5.41) is 16.7. The molecule has 11 heteroatoms. The molecule has 46 heavy (non-hydrogen) atoms. The van der Waals surface area contributed by atoms with E-state index in [2.05, 4.69) is 31.5 Å². The predicted molar refractivity (Wildman–Crippen MR) is 184 cm³/mol. The SMILES string of the molecule is N#CC(CCN1CCCCC1)NC(=O)C(CS(=O)Cc1ccccc1)Nc1nc(=O)n(CCCN2CCCCC2)c2ccccc12. The maximum Gasteiger partial charge on any atom is 0.350 e. The molecule has 3 heterocycles. The Kier molecular flexibility index (Phi) is 12.7. The number of carbonyl (C=O) groups is 1. The van der Waals surface area contributed by atoms with E-state index >= 15 is 0 Å². The van der Waals surface area contributed by atoms with Crippen LogP contribution in [0.25, 0.3) is 10.9 Å². The number of carbonyl (C=O) groups excluding carboxylic acids is 1. The number of fused-ring (bicyclic) bond motifs is 1. The van der Waals surface area contributed by atoms with E-state index in [9.17, 15) is 19.1 Å². The molecule has 1 amide bonds. The summed E-state index contributed by atoms with van der Waals surface area (Å²) in [5.74, 6) is 0.144. The molecule has 5 rings (SSSR count). The van der Waals surface area contributed by atoms with E-state index in [1.807, 2.05) is 54.6 Å². The van der Waals surface area contributed by atoms with Gasteiger partial charge in [-0.25, -0.2) is 4.79 Å². The molecule has 2 fully saturated rings. The van der Waals surface area contributed by atoms with E-state index in [1.165, 1.54) is 25.7 Å². The minimum atomic E-state index is -1.40. The molecule has 0 spiro atoms. The first-order valence-corrected chi connectivity index (χ1v) is 18.3. The minimum absolute atomic E-state index is 0.0000719. The molecular formula is C35H47N7O3S. The number of para-hydroxylation sites is 1. The average Bonchev–Trinajstić information content (AvgIpc) is 3.09. The van der Waals surface area contributed by atoms with E-state index in [0.717, 1.165) is 69.6 Å². The van der Waals surface area contributed by atoms with Crippen molar-refractivity contribution in [3.8, 4) is 6.07 Å². The number of nitrogens with zero attached hydrogens (tertiary/aromatic N) is 5. The molecule has 1 aromatic heterocycles. The number of benzene rings is 2. The second-order valence-electron chi connectivity index (χ2n) is 12.5. The minimum Gasteiger partial charge on any atom is -0.357 e. The highest BCUT2D eigenvalue weighted by Gasteiger charge is 2.26. The highest BCUT2D eigenvalue weighted by Crippen LogP contribution is 2.21. The molecule has 0 aliphatic carbocycles. The quantitative estimate of drug-likeness (QED) is 0.255. The van der Waals surface area contributed by atoms with Crippen LogP contribution in [-0.4, -0.2) is 86.6 Å². The Balaban J connectivity index is 1.33. The Hall–Kier alpha value is -3.59. The van der Waals surface area contributed by atoms with Gasteiger partial charge in [0.05, 0.1) is 17.3 Å². The van der Waals surface area contributed by atoms with Crippen LogP contribution in [0, 0.1) is 11.3 Å². The second-order valence-corrected chi connectivity index (χ2v) is 14.0. The first-order chi connectivity index (χ1) is 22.5. The zero-order valence-corrected chi connectivity index (χ0v) is 27.6. The van der Waals surface area contributed by atoms with Gasteiger partial charge in [-0.1, -0.05) is 55.3 Å². The van der Waals surface area contributed by atoms with Gasteiger partial charge in [-0.05, 0) is 88.9 Å². The van der Waals surface area contributed by atoms with Crippen molar-refractivity contribution in [1.82, 2.24) is 24.7 Å². The van der Waals surface area contributed by atoms with Crippen molar-refractivity contribution >= 4 is 33.4 Å². The predicted octanol–water partition coefficient (Wildman–Crippen LogP) is 3.89. The highest BCUT2D eigenvalue weighted by molar-refractivity contribution is 7.84. The lowest BCUT2D eigenvalue weighted by Crippen LogP contribution is -2.48. The summed E-state index contributed by atoms with van der Waals surface area (Å²) < 4.78 is 15.1. The number of likely N-dealkylation sites (tertiary alicyclic amines) is 2. The van der Waals surface area contributed by atoms with Crippen LogP contribution in [0.2, 0.25) is 0 Å². The van der Waals surface area contributed by atoms with Crippen molar-refractivity contribution < 1.29 is 9.00 Å². The Morgan fingerprint density at radius 2 is 1.54 bits per heavy atom. The fraction of sp³-hybridized carbons (Fsp3) is 0.543. The third-order valence-corrected chi connectivity index (χ3v) is 10.4. The van der Waals surface area contributed by atoms with Gasteiger partial charge in [0.15, 0.2) is 0 Å². The largest absolute Gasteiger partial charge is 0.357 e. The number of hydrogen-bond donors (Lipinski definition) is 2. The van der Waals surface area contributed by atoms with Crippen LogP contribution >= 0.6 is 0 Å². The molecule has 2 aliphatic heterocycles. The van der Waals surface area contributed by atoms with Gasteiger partial charge in [-0.2, -0.15) is 10.2 Å². The first-order valence-electron chi connectivity index (χ1n) is 16.8. The van der Waals surface area contributed by atoms with Gasteiger partial charge >= 0.3 is 5.69 Å². The normalized spacial score (nSPS) is 18.0. The summed E-state index contributed by atoms with van der Waals surface area (Å²) in [4.78, 5) is 36.4. The first kappa shape index (κ1) is 33.8. The molecule has 246 valence electrons. The summed E-state index contributed by atoms with van der Waals surface area (Å²) in [6, 6.07) is 17.7. The van der Waals surface area contributed by atoms with Gasteiger partial charge in [-0.3, -0.25) is 13.6 Å². The molecule has 2 aliphatic rings. The Morgan fingerprint density at radius 3 is 2.24 bits per heavy atom. The van der Waals surface area contributed by atoms with E-state index in [1.54, 1.807) is 4.57 Å². The number of aryl methyl sites for hydroxylation is 1. The Bertz CT molecular complexity index is 1550. The van der Waals surface area contributed by atoms with Crippen LogP contribution in [0.5, 0.6) is 0 Å². The molecule has 3 unspecified atom stereocenters. The third-order valence-electron chi connectivity index (χ3n) is 9.00. The second kappa shape index (κ2) is 17.4. The molecule has 2 N–H and O–H groups in total. The number of hydrogen-bond acceptors (Lipinski definition) is 8. The summed E-state index contributed by atoms with van der Waals surface area (Å²) in [7, 11) is -1.40. The molecule has 3 aromatic rings. The average molecular weight is 646 g/mol. The number of anilines is 1. The van der Waals surface area contributed by atoms with Gasteiger partial charge in [0.25, 0.3) is 0 Å². The summed E-state index contributed by atoms with van der Waals surface area (Å²) in [6.45, 7) is 6.46. The smallest absolute Gasteiger partial charge is 0.350 e. The van der Waals surface area contributed by atoms with Crippen molar-refractivity contribution in [2.45, 2.75) is 75.7 Å². The van der Waals surface area contributed by atoms with Crippen molar-refractivity contribution in [2.24, 2.45) is 0 Å². The number of piperidine rings is 2. The van der Waals surface area contributed by atoms with Crippen LogP contribution in [0.1, 0.15) is 56.9 Å². The maximum absolute atomic E-state index is 13.7. The molecule has 2 saturated heterocycles. The molecular weight excluding hydrogens is 598 g/mol. The van der Waals surface area contributed by atoms with E-state index < -0.39 is 28.8 Å². The van der Waals surface area contributed by atoms with Crippen LogP contribution in [0.3, 0.4) is 0 Å². The fourth-order valence-corrected chi connectivity index (χ4v) is 7.77. The van der Waals surface area contributed by atoms with Gasteiger partial charge < -0.3 is 20.4 Å². The lowest BCUT2D eigenvalue weighted by atomic mass is 10.1. The number of nitriles is 1. The molecule has 0 bridgehead atoms. The van der Waals surface area contributed by atoms with Crippen LogP contribution in [0.4, 0.5) is 5.82 Å². The number of rotatable bonds is 15. The van der Waals surface area contributed by atoms with Crippen molar-refractivity contribution in [3.63, 3.8) is 0 Å². The van der Waals surface area contributed by atoms with E-state index in [0.29, 0.717) is 18.4 Å². The molecule has 2 aromatic carbocycles. The Morgan fingerprint density at radius 1 is 0.891 bits per heavy atom. The number of nitrogens with one attached hydrogen (secondary N) is 2. The topological polar surface area (TPSA) is 123 Å². The van der Waals surface area contributed by atoms with Crippen molar-refractivity contribution in [2.75, 3.05) is 50.3 Å². The van der Waals surface area contributed by atoms with E-state index in [-0.39, 0.29) is 23.0 Å². The molecule has 0 radical (unpaired) electrons. The van der Waals surface area contributed by atoms with Crippen molar-refractivity contribution in [1.29, 1.82) is 5.26 Å². The standard InChI is InChI=1S/C35H47N7O3S/c36-25-29(17-24-41-20-10-3-11-21-41)37-34(43)31(27-46(45)26-28-13-4-1-5-14-28)38-33-30-15-6-7-16-32(30)42(35(44)39-33)23-12-22-40-18-8-2-9-19-40/h1,4-7,13-16,29,31H,2-3,8-12,17-24,26-27H2,(H,37,43)(H,38,39,44). The molecule has 0 saturated carbocycles. The zero-order valence-electron chi connectivity index (χ0n) is 26.7. The van der Waals surface area contributed by atoms with Gasteiger partial charge in [0, 0.05) is 35.0 Å². The zero-order chi connectivity index (χ0) is 32.1. The van der Waals surface area contributed by atoms with Gasteiger partial charge in [0.2, 0.25) is 5.91 Å². The number of aromatic nitrogens is 2. The van der Waals surface area contributed by atoms with Crippen molar-refractivity contribution in [3.05, 3.63) is 70.6 Å². The van der Waals surface area contributed by atoms with Gasteiger partial charge in [-0.15, -0.1) is 0 Å². The molecule has 10 nitrogen and oxygen atoms in total. The molecule has 3 atom stereocenters. The highest BCUT2D eigenvalue weighted by atomic mass is 32.2. The van der Waals surface area contributed by atoms with E-state index in [4.69, 9.17) is 0 Å². The summed E-state index contributed by atoms with van der Waals surface area (Å²) in [6.07, 6.45) is 8.63. The fourth-order valence-electron chi connectivity index (χ4n) is 6.48. The number of amides is 1. The lowest BCUT2D eigenvalue weighted by Gasteiger charge is -2.27. The Labute approximate surface area is 274 Å². The lowest BCUT2D eigenvalue weighted by molar-refractivity contribution is -0.121. The summed E-state index contributed by atoms with van der Waals surface area (Å²) >= 11 is 0. The van der Waals surface area contributed by atoms with Gasteiger partial charge in [0.1, 0.15) is 17.9 Å². The maximum atomic E-state index is 13.7. The third kappa shape index (κ3) is 9.71. The van der Waals surface area contributed by atoms with Crippen LogP contribution in [0.15, 0.2) is 59.4 Å². The van der Waals surface area contributed by atoms with Crippen LogP contribution in [-0.2, 0) is 27.9 Å². The van der Waals surface area contributed by atoms with Crippen LogP contribution < -0.4 is 16.3 Å².